The van der Waals surface area contributed by atoms with Gasteiger partial charge in [0.05, 0.1) is 5.69 Å². The Morgan fingerprint density at radius 2 is 1.66 bits per heavy atom. The minimum Gasteiger partial charge on any atom is -0.338 e. The van der Waals surface area contributed by atoms with Crippen LogP contribution in [-0.2, 0) is 11.3 Å². The Morgan fingerprint density at radius 3 is 2.34 bits per heavy atom. The van der Waals surface area contributed by atoms with Gasteiger partial charge in [0, 0.05) is 50.2 Å². The van der Waals surface area contributed by atoms with E-state index in [0.717, 1.165) is 4.68 Å². The summed E-state index contributed by atoms with van der Waals surface area (Å²) in [5, 5.41) is 4.27. The fraction of sp³-hybridized carbons (Fsp3) is 0.250. The number of hydrogen-bond donors (Lipinski definition) is 0. The predicted molar refractivity (Wildman–Crippen MR) is 105 cm³/mol. The molecule has 1 aliphatic rings. The normalized spacial score (nSPS) is 14.1. The Bertz CT molecular complexity index is 1050. The lowest BCUT2D eigenvalue weighted by atomic mass is 10.1. The quantitative estimate of drug-likeness (QED) is 0.661. The van der Waals surface area contributed by atoms with E-state index in [2.05, 4.69) is 15.1 Å². The summed E-state index contributed by atoms with van der Waals surface area (Å²) in [6, 6.07) is 10.5. The zero-order valence-corrected chi connectivity index (χ0v) is 15.6. The number of amides is 1. The van der Waals surface area contributed by atoms with Gasteiger partial charge in [-0.2, -0.15) is 5.10 Å². The minimum atomic E-state index is -0.361. The molecule has 0 unspecified atom stereocenters. The first kappa shape index (κ1) is 18.7. The number of piperazine rings is 1. The van der Waals surface area contributed by atoms with Crippen molar-refractivity contribution in [3.05, 3.63) is 71.0 Å². The van der Waals surface area contributed by atoms with Crippen molar-refractivity contribution < 1.29 is 9.18 Å². The molecular weight excluding hydrogens is 375 g/mol. The number of benzene rings is 1. The van der Waals surface area contributed by atoms with E-state index in [1.165, 1.54) is 18.2 Å². The lowest BCUT2D eigenvalue weighted by molar-refractivity contribution is -0.132. The Labute approximate surface area is 166 Å². The van der Waals surface area contributed by atoms with Crippen molar-refractivity contribution in [3.8, 4) is 11.3 Å². The second-order valence-corrected chi connectivity index (χ2v) is 6.64. The van der Waals surface area contributed by atoms with E-state index in [-0.39, 0.29) is 23.8 Å². The highest BCUT2D eigenvalue weighted by Crippen LogP contribution is 2.16. The van der Waals surface area contributed by atoms with Crippen LogP contribution in [0.5, 0.6) is 0 Å². The van der Waals surface area contributed by atoms with Gasteiger partial charge in [0.1, 0.15) is 12.4 Å². The second-order valence-electron chi connectivity index (χ2n) is 6.64. The summed E-state index contributed by atoms with van der Waals surface area (Å²) < 4.78 is 14.3. The molecule has 8 nitrogen and oxygen atoms in total. The molecule has 1 saturated heterocycles. The van der Waals surface area contributed by atoms with Crippen molar-refractivity contribution in [2.45, 2.75) is 6.54 Å². The minimum absolute atomic E-state index is 0.143. The largest absolute Gasteiger partial charge is 0.338 e. The van der Waals surface area contributed by atoms with Crippen molar-refractivity contribution in [2.24, 2.45) is 0 Å². The number of aromatic nitrogens is 4. The fourth-order valence-corrected chi connectivity index (χ4v) is 3.18. The standard InChI is InChI=1S/C20H19FN6O2/c21-16-4-2-15(3-5-16)17-6-7-18(28)27(24-17)14-19(29)25-10-12-26(13-11-25)20-22-8-1-9-23-20/h1-9H,10-14H2. The summed E-state index contributed by atoms with van der Waals surface area (Å²) in [6.07, 6.45) is 3.37. The van der Waals surface area contributed by atoms with Gasteiger partial charge in [-0.25, -0.2) is 19.0 Å². The average Bonchev–Trinajstić information content (AvgIpc) is 2.76. The molecule has 148 valence electrons. The molecule has 29 heavy (non-hydrogen) atoms. The number of carbonyl (C=O) groups is 1. The highest BCUT2D eigenvalue weighted by Gasteiger charge is 2.23. The molecule has 9 heteroatoms. The van der Waals surface area contributed by atoms with E-state index < -0.39 is 0 Å². The first-order valence-electron chi connectivity index (χ1n) is 9.24. The number of rotatable bonds is 4. The third kappa shape index (κ3) is 4.29. The van der Waals surface area contributed by atoms with Crippen LogP contribution in [0.25, 0.3) is 11.3 Å². The van der Waals surface area contributed by atoms with Gasteiger partial charge in [-0.15, -0.1) is 0 Å². The van der Waals surface area contributed by atoms with Crippen LogP contribution in [-0.4, -0.2) is 56.7 Å². The van der Waals surface area contributed by atoms with Crippen molar-refractivity contribution in [3.63, 3.8) is 0 Å². The molecule has 3 heterocycles. The van der Waals surface area contributed by atoms with Crippen molar-refractivity contribution >= 4 is 11.9 Å². The van der Waals surface area contributed by atoms with Gasteiger partial charge in [-0.3, -0.25) is 9.59 Å². The number of anilines is 1. The zero-order valence-electron chi connectivity index (χ0n) is 15.6. The van der Waals surface area contributed by atoms with Gasteiger partial charge in [0.2, 0.25) is 11.9 Å². The highest BCUT2D eigenvalue weighted by atomic mass is 19.1. The molecule has 0 N–H and O–H groups in total. The zero-order chi connectivity index (χ0) is 20.2. The third-order valence-electron chi connectivity index (χ3n) is 4.76. The van der Waals surface area contributed by atoms with Crippen LogP contribution in [0.15, 0.2) is 59.7 Å². The van der Waals surface area contributed by atoms with E-state index >= 15 is 0 Å². The van der Waals surface area contributed by atoms with Crippen LogP contribution in [0, 0.1) is 5.82 Å². The summed E-state index contributed by atoms with van der Waals surface area (Å²) in [6.45, 7) is 2.13. The van der Waals surface area contributed by atoms with Gasteiger partial charge in [-0.1, -0.05) is 0 Å². The maximum absolute atomic E-state index is 13.1. The Kier molecular flexibility index (Phi) is 5.28. The number of halogens is 1. The molecule has 1 amide bonds. The van der Waals surface area contributed by atoms with E-state index in [1.54, 1.807) is 41.6 Å². The average molecular weight is 394 g/mol. The summed E-state index contributed by atoms with van der Waals surface area (Å²) in [7, 11) is 0. The van der Waals surface area contributed by atoms with Crippen molar-refractivity contribution in [1.82, 2.24) is 24.6 Å². The Balaban J connectivity index is 1.43. The molecule has 1 aromatic carbocycles. The van der Waals surface area contributed by atoms with E-state index in [4.69, 9.17) is 0 Å². The molecule has 0 aliphatic carbocycles. The SMILES string of the molecule is O=C(Cn1nc(-c2ccc(F)cc2)ccc1=O)N1CCN(c2ncccn2)CC1. The molecule has 1 fully saturated rings. The van der Waals surface area contributed by atoms with Gasteiger partial charge < -0.3 is 9.80 Å². The van der Waals surface area contributed by atoms with Gasteiger partial charge in [-0.05, 0) is 36.4 Å². The van der Waals surface area contributed by atoms with Crippen molar-refractivity contribution in [2.75, 3.05) is 31.1 Å². The van der Waals surface area contributed by atoms with Crippen LogP contribution >= 0.6 is 0 Å². The maximum atomic E-state index is 13.1. The first-order valence-corrected chi connectivity index (χ1v) is 9.24. The third-order valence-corrected chi connectivity index (χ3v) is 4.76. The fourth-order valence-electron chi connectivity index (χ4n) is 3.18. The van der Waals surface area contributed by atoms with E-state index in [0.29, 0.717) is 43.4 Å². The summed E-state index contributed by atoms with van der Waals surface area (Å²) in [4.78, 5) is 37.0. The number of hydrogen-bond acceptors (Lipinski definition) is 6. The smallest absolute Gasteiger partial charge is 0.267 e. The number of carbonyl (C=O) groups excluding carboxylic acids is 1. The molecule has 0 bridgehead atoms. The lowest BCUT2D eigenvalue weighted by Crippen LogP contribution is -2.50. The second kappa shape index (κ2) is 8.17. The molecule has 0 radical (unpaired) electrons. The van der Waals surface area contributed by atoms with Crippen molar-refractivity contribution in [1.29, 1.82) is 0 Å². The molecule has 1 aliphatic heterocycles. The summed E-state index contributed by atoms with van der Waals surface area (Å²) >= 11 is 0. The molecule has 0 atom stereocenters. The molecule has 0 saturated carbocycles. The van der Waals surface area contributed by atoms with Crippen LogP contribution < -0.4 is 10.5 Å². The highest BCUT2D eigenvalue weighted by molar-refractivity contribution is 5.76. The van der Waals surface area contributed by atoms with E-state index in [1.807, 2.05) is 4.90 Å². The van der Waals surface area contributed by atoms with Gasteiger partial charge in [0.15, 0.2) is 0 Å². The van der Waals surface area contributed by atoms with E-state index in [9.17, 15) is 14.0 Å². The van der Waals surface area contributed by atoms with Crippen LogP contribution in [0.1, 0.15) is 0 Å². The maximum Gasteiger partial charge on any atom is 0.267 e. The summed E-state index contributed by atoms with van der Waals surface area (Å²) in [5.74, 6) is 0.117. The Hall–Kier alpha value is -3.62. The number of nitrogens with zero attached hydrogens (tertiary/aromatic N) is 6. The Morgan fingerprint density at radius 1 is 0.966 bits per heavy atom. The molecule has 3 aromatic rings. The van der Waals surface area contributed by atoms with Gasteiger partial charge >= 0.3 is 0 Å². The first-order chi connectivity index (χ1) is 14.1. The predicted octanol–water partition coefficient (Wildman–Crippen LogP) is 1.19. The molecule has 0 spiro atoms. The van der Waals surface area contributed by atoms with Crippen LogP contribution in [0.2, 0.25) is 0 Å². The molecule has 4 rings (SSSR count). The topological polar surface area (TPSA) is 84.2 Å². The monoisotopic (exact) mass is 394 g/mol. The molecular formula is C20H19FN6O2. The lowest BCUT2D eigenvalue weighted by Gasteiger charge is -2.34. The molecule has 2 aromatic heterocycles. The van der Waals surface area contributed by atoms with Gasteiger partial charge in [0.25, 0.3) is 5.56 Å². The van der Waals surface area contributed by atoms with Crippen LogP contribution in [0.4, 0.5) is 10.3 Å². The van der Waals surface area contributed by atoms with Crippen LogP contribution in [0.3, 0.4) is 0 Å². The summed E-state index contributed by atoms with van der Waals surface area (Å²) in [5.41, 5.74) is 0.813.